The summed E-state index contributed by atoms with van der Waals surface area (Å²) < 4.78 is 5.71. The number of benzene rings is 3. The number of phenols is 1. The van der Waals surface area contributed by atoms with E-state index in [1.165, 1.54) is 28.7 Å². The average Bonchev–Trinajstić information content (AvgIpc) is 2.85. The molecule has 4 nitrogen and oxygen atoms in total. The van der Waals surface area contributed by atoms with Gasteiger partial charge in [0.1, 0.15) is 11.5 Å². The Morgan fingerprint density at radius 2 is 1.69 bits per heavy atom. The summed E-state index contributed by atoms with van der Waals surface area (Å²) in [4.78, 5) is 0. The van der Waals surface area contributed by atoms with Crippen LogP contribution in [0.25, 0.3) is 11.1 Å². The molecule has 0 unspecified atom stereocenters. The molecule has 0 aromatic heterocycles. The second-order valence-corrected chi connectivity index (χ2v) is 10.5. The minimum atomic E-state index is 0.0658. The van der Waals surface area contributed by atoms with Crippen LogP contribution in [-0.4, -0.2) is 24.3 Å². The van der Waals surface area contributed by atoms with Crippen molar-refractivity contribution in [1.29, 1.82) is 0 Å². The van der Waals surface area contributed by atoms with Crippen LogP contribution in [0.3, 0.4) is 0 Å². The Morgan fingerprint density at radius 3 is 2.40 bits per heavy atom. The number of hydrogen-bond acceptors (Lipinski definition) is 4. The lowest BCUT2D eigenvalue weighted by Crippen LogP contribution is -2.41. The summed E-state index contributed by atoms with van der Waals surface area (Å²) in [7, 11) is 1.69. The summed E-state index contributed by atoms with van der Waals surface area (Å²) in [6.45, 7) is 7.73. The summed E-state index contributed by atoms with van der Waals surface area (Å²) in [5.74, 6) is 1.08. The predicted octanol–water partition coefficient (Wildman–Crippen LogP) is 6.44. The van der Waals surface area contributed by atoms with Crippen molar-refractivity contribution in [2.75, 3.05) is 19.4 Å². The van der Waals surface area contributed by atoms with Crippen LogP contribution in [0.2, 0.25) is 0 Å². The molecule has 3 aromatic carbocycles. The van der Waals surface area contributed by atoms with Gasteiger partial charge < -0.3 is 20.9 Å². The number of methoxy groups -OCH3 is 1. The van der Waals surface area contributed by atoms with Crippen LogP contribution in [0.5, 0.6) is 11.5 Å². The molecule has 0 radical (unpaired) electrons. The van der Waals surface area contributed by atoms with Crippen LogP contribution in [0, 0.1) is 0 Å². The van der Waals surface area contributed by atoms with E-state index in [2.05, 4.69) is 56.4 Å². The van der Waals surface area contributed by atoms with Gasteiger partial charge in [-0.2, -0.15) is 0 Å². The van der Waals surface area contributed by atoms with Gasteiger partial charge in [-0.1, -0.05) is 37.3 Å². The maximum atomic E-state index is 10.8. The van der Waals surface area contributed by atoms with Gasteiger partial charge in [0.05, 0.1) is 7.11 Å². The maximum absolute atomic E-state index is 10.8. The molecule has 0 fully saturated rings. The summed E-state index contributed by atoms with van der Waals surface area (Å²) >= 11 is 0. The van der Waals surface area contributed by atoms with Crippen LogP contribution in [0.1, 0.15) is 67.9 Å². The van der Waals surface area contributed by atoms with Crippen molar-refractivity contribution in [1.82, 2.24) is 5.32 Å². The molecule has 0 bridgehead atoms. The highest BCUT2D eigenvalue weighted by atomic mass is 16.5. The summed E-state index contributed by atoms with van der Waals surface area (Å²) in [5, 5.41) is 14.5. The molecule has 4 rings (SSSR count). The van der Waals surface area contributed by atoms with Crippen LogP contribution < -0.4 is 15.8 Å². The van der Waals surface area contributed by atoms with E-state index in [1.807, 2.05) is 18.2 Å². The Bertz CT molecular complexity index is 1170. The highest BCUT2D eigenvalue weighted by molar-refractivity contribution is 5.86. The first-order valence-electron chi connectivity index (χ1n) is 12.9. The smallest absolute Gasteiger partial charge is 0.124 e. The lowest BCUT2D eigenvalue weighted by Gasteiger charge is -2.26. The van der Waals surface area contributed by atoms with Crippen LogP contribution in [-0.2, 0) is 25.7 Å². The Labute approximate surface area is 210 Å². The third-order valence-electron chi connectivity index (χ3n) is 7.22. The van der Waals surface area contributed by atoms with E-state index in [0.29, 0.717) is 17.9 Å². The van der Waals surface area contributed by atoms with E-state index in [-0.39, 0.29) is 5.54 Å². The molecule has 1 aliphatic rings. The van der Waals surface area contributed by atoms with Crippen molar-refractivity contribution in [3.8, 4) is 22.6 Å². The third-order valence-corrected chi connectivity index (χ3v) is 7.22. The van der Waals surface area contributed by atoms with Crippen LogP contribution in [0.15, 0.2) is 48.5 Å². The van der Waals surface area contributed by atoms with Gasteiger partial charge in [-0.3, -0.25) is 0 Å². The largest absolute Gasteiger partial charge is 0.507 e. The monoisotopic (exact) mass is 472 g/mol. The lowest BCUT2D eigenvalue weighted by molar-refractivity contribution is 0.387. The van der Waals surface area contributed by atoms with Gasteiger partial charge in [-0.15, -0.1) is 0 Å². The zero-order chi connectivity index (χ0) is 25.0. The van der Waals surface area contributed by atoms with Gasteiger partial charge in [-0.05, 0) is 99.4 Å². The van der Waals surface area contributed by atoms with Crippen molar-refractivity contribution >= 4 is 5.69 Å². The first kappa shape index (κ1) is 25.1. The van der Waals surface area contributed by atoms with Crippen molar-refractivity contribution in [2.24, 2.45) is 0 Å². The number of nitrogens with two attached hydrogens (primary N) is 1. The molecule has 0 amide bonds. The number of anilines is 1. The maximum Gasteiger partial charge on any atom is 0.124 e. The molecule has 186 valence electrons. The first-order chi connectivity index (χ1) is 16.8. The number of hydrogen-bond donors (Lipinski definition) is 3. The molecule has 0 heterocycles. The molecular weight excluding hydrogens is 432 g/mol. The third kappa shape index (κ3) is 5.65. The minimum absolute atomic E-state index is 0.0658. The van der Waals surface area contributed by atoms with Gasteiger partial charge in [0.15, 0.2) is 0 Å². The number of nitrogen functional groups attached to an aromatic ring is 1. The number of fused-ring (bicyclic) bond motifs is 1. The SMILES string of the molecule is CCCNC(C)(C)Cc1ccc(Cc2c(OC)ccc(-c3c(O)ccc4c3CCCC4)c2N)cc1. The Balaban J connectivity index is 1.64. The topological polar surface area (TPSA) is 67.5 Å². The van der Waals surface area contributed by atoms with Gasteiger partial charge in [0, 0.05) is 34.3 Å². The molecule has 0 aliphatic heterocycles. The number of nitrogens with one attached hydrogen (secondary N) is 1. The zero-order valence-electron chi connectivity index (χ0n) is 21.7. The van der Waals surface area contributed by atoms with E-state index in [9.17, 15) is 5.11 Å². The van der Waals surface area contributed by atoms with Crippen LogP contribution in [0.4, 0.5) is 5.69 Å². The second-order valence-electron chi connectivity index (χ2n) is 10.5. The highest BCUT2D eigenvalue weighted by Gasteiger charge is 2.22. The standard InChI is InChI=1S/C31H40N2O2/c1-5-18-33-31(2,3)20-22-12-10-21(11-13-22)19-26-28(35-4)17-15-25(30(26)32)29-24-9-7-6-8-23(24)14-16-27(29)34/h10-17,33-34H,5-9,18-20,32H2,1-4H3. The molecule has 4 heteroatoms. The Hall–Kier alpha value is -2.98. The molecule has 3 aromatic rings. The lowest BCUT2D eigenvalue weighted by atomic mass is 9.84. The number of rotatable bonds is 9. The van der Waals surface area contributed by atoms with Crippen molar-refractivity contribution in [2.45, 2.75) is 71.3 Å². The first-order valence-corrected chi connectivity index (χ1v) is 12.9. The van der Waals surface area contributed by atoms with Gasteiger partial charge in [0.2, 0.25) is 0 Å². The predicted molar refractivity (Wildman–Crippen MR) is 146 cm³/mol. The normalized spacial score (nSPS) is 13.5. The van der Waals surface area contributed by atoms with E-state index < -0.39 is 0 Å². The molecule has 0 atom stereocenters. The fourth-order valence-corrected chi connectivity index (χ4v) is 5.37. The number of ether oxygens (including phenoxy) is 1. The number of aryl methyl sites for hydroxylation is 1. The summed E-state index contributed by atoms with van der Waals surface area (Å²) in [5.41, 5.74) is 15.4. The molecule has 35 heavy (non-hydrogen) atoms. The minimum Gasteiger partial charge on any atom is -0.507 e. The van der Waals surface area contributed by atoms with E-state index in [0.717, 1.165) is 61.1 Å². The molecular formula is C31H40N2O2. The zero-order valence-corrected chi connectivity index (χ0v) is 21.7. The average molecular weight is 473 g/mol. The Kier molecular flexibility index (Phi) is 7.71. The molecule has 0 saturated carbocycles. The van der Waals surface area contributed by atoms with E-state index >= 15 is 0 Å². The molecule has 0 saturated heterocycles. The van der Waals surface area contributed by atoms with Crippen LogP contribution >= 0.6 is 0 Å². The summed E-state index contributed by atoms with van der Waals surface area (Å²) in [6.07, 6.45) is 7.16. The van der Waals surface area contributed by atoms with Gasteiger partial charge >= 0.3 is 0 Å². The van der Waals surface area contributed by atoms with Crippen molar-refractivity contribution in [3.05, 3.63) is 76.3 Å². The number of aromatic hydroxyl groups is 1. The summed E-state index contributed by atoms with van der Waals surface area (Å²) in [6, 6.07) is 16.7. The number of phenolic OH excluding ortho intramolecular Hbond substituents is 1. The fraction of sp³-hybridized carbons (Fsp3) is 0.419. The quantitative estimate of drug-likeness (QED) is 0.314. The molecule has 1 aliphatic carbocycles. The molecule has 4 N–H and O–H groups in total. The fourth-order valence-electron chi connectivity index (χ4n) is 5.37. The van der Waals surface area contributed by atoms with Crippen molar-refractivity contribution < 1.29 is 9.84 Å². The molecule has 0 spiro atoms. The van der Waals surface area contributed by atoms with Crippen molar-refractivity contribution in [3.63, 3.8) is 0 Å². The van der Waals surface area contributed by atoms with E-state index in [1.54, 1.807) is 7.11 Å². The Morgan fingerprint density at radius 1 is 0.971 bits per heavy atom. The van der Waals surface area contributed by atoms with Gasteiger partial charge in [0.25, 0.3) is 0 Å². The van der Waals surface area contributed by atoms with E-state index in [4.69, 9.17) is 10.5 Å². The van der Waals surface area contributed by atoms with Gasteiger partial charge in [-0.25, -0.2) is 0 Å². The highest BCUT2D eigenvalue weighted by Crippen LogP contribution is 2.43. The second kappa shape index (κ2) is 10.7.